The van der Waals surface area contributed by atoms with Crippen molar-refractivity contribution < 1.29 is 0 Å². The molecule has 0 amide bonds. The maximum atomic E-state index is 13.0. The van der Waals surface area contributed by atoms with Crippen molar-refractivity contribution >= 4 is 22.6 Å². The molecule has 1 aliphatic heterocycles. The fraction of sp³-hybridized carbons (Fsp3) is 0.235. The smallest absolute Gasteiger partial charge is 0.282 e. The molecule has 2 aromatic heterocycles. The van der Waals surface area contributed by atoms with Gasteiger partial charge in [0.25, 0.3) is 5.56 Å². The summed E-state index contributed by atoms with van der Waals surface area (Å²) in [6, 6.07) is 9.26. The first-order valence-corrected chi connectivity index (χ1v) is 7.87. The topological polar surface area (TPSA) is 63.6 Å². The summed E-state index contributed by atoms with van der Waals surface area (Å²) in [5.41, 5.74) is 3.07. The van der Waals surface area contributed by atoms with Gasteiger partial charge in [0.2, 0.25) is 0 Å². The average molecular weight is 325 g/mol. The Hall–Kier alpha value is -2.58. The zero-order valence-electron chi connectivity index (χ0n) is 12.3. The number of rotatable bonds is 1. The number of benzene rings is 1. The van der Waals surface area contributed by atoms with Crippen molar-refractivity contribution in [1.82, 2.24) is 14.1 Å². The Balaban J connectivity index is 2.04. The van der Waals surface area contributed by atoms with Crippen LogP contribution in [0.2, 0.25) is 5.02 Å². The first-order valence-electron chi connectivity index (χ1n) is 7.49. The lowest BCUT2D eigenvalue weighted by molar-refractivity contribution is 0.542. The molecule has 1 aliphatic rings. The van der Waals surface area contributed by atoms with Gasteiger partial charge >= 0.3 is 0 Å². The quantitative estimate of drug-likeness (QED) is 0.691. The predicted molar refractivity (Wildman–Crippen MR) is 88.0 cm³/mol. The molecule has 0 unspecified atom stereocenters. The van der Waals surface area contributed by atoms with Crippen LogP contribution in [0.25, 0.3) is 16.7 Å². The Morgan fingerprint density at radius 1 is 1.22 bits per heavy atom. The second kappa shape index (κ2) is 5.25. The highest BCUT2D eigenvalue weighted by Gasteiger charge is 2.23. The Morgan fingerprint density at radius 3 is 2.74 bits per heavy atom. The number of fused-ring (bicyclic) bond motifs is 3. The number of aryl methyl sites for hydroxylation is 1. The highest BCUT2D eigenvalue weighted by atomic mass is 35.5. The number of halogens is 1. The maximum absolute atomic E-state index is 13.0. The van der Waals surface area contributed by atoms with E-state index < -0.39 is 0 Å². The minimum Gasteiger partial charge on any atom is -0.337 e. The highest BCUT2D eigenvalue weighted by Crippen LogP contribution is 2.27. The van der Waals surface area contributed by atoms with Gasteiger partial charge in [-0.1, -0.05) is 11.6 Å². The average Bonchev–Trinajstić information content (AvgIpc) is 2.90. The van der Waals surface area contributed by atoms with Crippen LogP contribution in [-0.4, -0.2) is 14.1 Å². The summed E-state index contributed by atoms with van der Waals surface area (Å²) >= 11 is 5.91. The third-order valence-electron chi connectivity index (χ3n) is 4.33. The first kappa shape index (κ1) is 14.0. The number of nitrogens with zero attached hydrogens (tertiary/aromatic N) is 4. The van der Waals surface area contributed by atoms with Crippen molar-refractivity contribution in [2.45, 2.75) is 25.8 Å². The molecule has 5 nitrogen and oxygen atoms in total. The van der Waals surface area contributed by atoms with Gasteiger partial charge in [-0.25, -0.2) is 4.98 Å². The monoisotopic (exact) mass is 324 g/mol. The predicted octanol–water partition coefficient (Wildman–Crippen LogP) is 3.05. The molecule has 0 fully saturated rings. The lowest BCUT2D eigenvalue weighted by Gasteiger charge is -2.15. The molecule has 3 aromatic rings. The van der Waals surface area contributed by atoms with Crippen molar-refractivity contribution in [3.8, 4) is 11.8 Å². The molecule has 0 bridgehead atoms. The maximum Gasteiger partial charge on any atom is 0.282 e. The fourth-order valence-corrected chi connectivity index (χ4v) is 3.38. The summed E-state index contributed by atoms with van der Waals surface area (Å²) in [7, 11) is 0. The number of nitriles is 1. The van der Waals surface area contributed by atoms with Gasteiger partial charge in [-0.2, -0.15) is 5.26 Å². The molecule has 6 heteroatoms. The standard InChI is InChI=1S/C17H13ClN4O/c18-11-4-6-12(7-5-11)22-10-20-15-13(9-19)14-3-1-2-8-21(14)16(15)17(22)23/h4-7,10H,1-3,8H2. The van der Waals surface area contributed by atoms with Gasteiger partial charge in [-0.05, 0) is 43.5 Å². The van der Waals surface area contributed by atoms with Gasteiger partial charge < -0.3 is 4.57 Å². The molecule has 0 atom stereocenters. The van der Waals surface area contributed by atoms with E-state index in [0.717, 1.165) is 31.5 Å². The molecule has 0 N–H and O–H groups in total. The first-order chi connectivity index (χ1) is 11.2. The van der Waals surface area contributed by atoms with Gasteiger partial charge in [0.1, 0.15) is 23.4 Å². The Morgan fingerprint density at radius 2 is 2.00 bits per heavy atom. The second-order valence-electron chi connectivity index (χ2n) is 5.64. The summed E-state index contributed by atoms with van der Waals surface area (Å²) in [5.74, 6) is 0. The molecule has 23 heavy (non-hydrogen) atoms. The van der Waals surface area contributed by atoms with Crippen LogP contribution in [-0.2, 0) is 13.0 Å². The van der Waals surface area contributed by atoms with E-state index >= 15 is 0 Å². The van der Waals surface area contributed by atoms with Crippen molar-refractivity contribution in [3.63, 3.8) is 0 Å². The van der Waals surface area contributed by atoms with E-state index in [1.165, 1.54) is 10.9 Å². The molecular formula is C17H13ClN4O. The van der Waals surface area contributed by atoms with Crippen molar-refractivity contribution in [2.24, 2.45) is 0 Å². The van der Waals surface area contributed by atoms with Crippen LogP contribution in [0.1, 0.15) is 24.1 Å². The van der Waals surface area contributed by atoms with Crippen molar-refractivity contribution in [3.05, 3.63) is 57.2 Å². The van der Waals surface area contributed by atoms with E-state index in [4.69, 9.17) is 11.6 Å². The van der Waals surface area contributed by atoms with Crippen molar-refractivity contribution in [1.29, 1.82) is 5.26 Å². The van der Waals surface area contributed by atoms with Gasteiger partial charge in [0, 0.05) is 17.3 Å². The van der Waals surface area contributed by atoms with Gasteiger partial charge in [0.15, 0.2) is 0 Å². The minimum atomic E-state index is -0.151. The van der Waals surface area contributed by atoms with E-state index in [9.17, 15) is 10.1 Å². The molecule has 0 saturated heterocycles. The summed E-state index contributed by atoms with van der Waals surface area (Å²) in [6.07, 6.45) is 4.35. The Kier molecular flexibility index (Phi) is 3.21. The number of aromatic nitrogens is 3. The van der Waals surface area contributed by atoms with Crippen LogP contribution >= 0.6 is 11.6 Å². The van der Waals surface area contributed by atoms with E-state index in [0.29, 0.717) is 27.3 Å². The molecule has 114 valence electrons. The van der Waals surface area contributed by atoms with Crippen LogP contribution < -0.4 is 5.56 Å². The summed E-state index contributed by atoms with van der Waals surface area (Å²) < 4.78 is 3.47. The lowest BCUT2D eigenvalue weighted by Crippen LogP contribution is -2.22. The molecule has 1 aromatic carbocycles. The van der Waals surface area contributed by atoms with Crippen LogP contribution in [0.15, 0.2) is 35.4 Å². The van der Waals surface area contributed by atoms with Gasteiger partial charge in [0.05, 0.1) is 11.3 Å². The lowest BCUT2D eigenvalue weighted by atomic mass is 10.1. The van der Waals surface area contributed by atoms with Crippen LogP contribution in [0, 0.1) is 11.3 Å². The van der Waals surface area contributed by atoms with Gasteiger partial charge in [-0.3, -0.25) is 9.36 Å². The van der Waals surface area contributed by atoms with Crippen molar-refractivity contribution in [2.75, 3.05) is 0 Å². The second-order valence-corrected chi connectivity index (χ2v) is 6.07. The SMILES string of the molecule is N#Cc1c2n(c3c(=O)n(-c4ccc(Cl)cc4)cnc13)CCCC2. The summed E-state index contributed by atoms with van der Waals surface area (Å²) in [6.45, 7) is 0.759. The fourth-order valence-electron chi connectivity index (χ4n) is 3.25. The van der Waals surface area contributed by atoms with Crippen LogP contribution in [0.4, 0.5) is 0 Å². The van der Waals surface area contributed by atoms with Crippen LogP contribution in [0.3, 0.4) is 0 Å². The summed E-state index contributed by atoms with van der Waals surface area (Å²) in [5, 5.41) is 10.1. The minimum absolute atomic E-state index is 0.151. The van der Waals surface area contributed by atoms with E-state index in [1.807, 2.05) is 4.57 Å². The third-order valence-corrected chi connectivity index (χ3v) is 4.58. The third kappa shape index (κ3) is 2.07. The Bertz CT molecular complexity index is 1010. The molecule has 0 radical (unpaired) electrons. The van der Waals surface area contributed by atoms with E-state index in [2.05, 4.69) is 11.1 Å². The van der Waals surface area contributed by atoms with Crippen LogP contribution in [0.5, 0.6) is 0 Å². The zero-order valence-corrected chi connectivity index (χ0v) is 13.0. The highest BCUT2D eigenvalue weighted by molar-refractivity contribution is 6.30. The molecule has 3 heterocycles. The molecule has 4 rings (SSSR count). The molecule has 0 spiro atoms. The van der Waals surface area contributed by atoms with E-state index in [1.54, 1.807) is 24.3 Å². The number of hydrogen-bond donors (Lipinski definition) is 0. The largest absolute Gasteiger partial charge is 0.337 e. The number of hydrogen-bond acceptors (Lipinski definition) is 3. The Labute approximate surface area is 137 Å². The molecule has 0 aliphatic carbocycles. The normalized spacial score (nSPS) is 13.7. The molecule has 0 saturated carbocycles. The van der Waals surface area contributed by atoms with Gasteiger partial charge in [-0.15, -0.1) is 0 Å². The summed E-state index contributed by atoms with van der Waals surface area (Å²) in [4.78, 5) is 17.4. The van der Waals surface area contributed by atoms with E-state index in [-0.39, 0.29) is 5.56 Å². The zero-order chi connectivity index (χ0) is 16.0. The molecular weight excluding hydrogens is 312 g/mol.